The minimum Gasteiger partial charge on any atom is -0.493 e. The molecule has 0 spiro atoms. The lowest BCUT2D eigenvalue weighted by atomic mass is 10.2. The van der Waals surface area contributed by atoms with Gasteiger partial charge in [0.2, 0.25) is 0 Å². The number of amides is 2. The van der Waals surface area contributed by atoms with Crippen LogP contribution in [0, 0.1) is 0 Å². The van der Waals surface area contributed by atoms with Crippen molar-refractivity contribution in [3.63, 3.8) is 0 Å². The average molecular weight is 376 g/mol. The predicted octanol–water partition coefficient (Wildman–Crippen LogP) is 3.97. The molecule has 0 heterocycles. The molecule has 3 aromatic rings. The Morgan fingerprint density at radius 3 is 2.21 bits per heavy atom. The van der Waals surface area contributed by atoms with Crippen LogP contribution < -0.4 is 20.1 Å². The summed E-state index contributed by atoms with van der Waals surface area (Å²) < 4.78 is 10.7. The molecule has 0 fully saturated rings. The van der Waals surface area contributed by atoms with Gasteiger partial charge < -0.3 is 20.1 Å². The smallest absolute Gasteiger partial charge is 0.262 e. The van der Waals surface area contributed by atoms with E-state index in [1.807, 2.05) is 24.3 Å². The van der Waals surface area contributed by atoms with Crippen LogP contribution in [-0.4, -0.2) is 25.5 Å². The highest BCUT2D eigenvalue weighted by Gasteiger charge is 2.10. The highest BCUT2D eigenvalue weighted by molar-refractivity contribution is 6.05. The molecule has 142 valence electrons. The third-order valence-corrected chi connectivity index (χ3v) is 3.87. The number of hydrogen-bond acceptors (Lipinski definition) is 4. The molecule has 0 atom stereocenters. The van der Waals surface area contributed by atoms with Crippen LogP contribution in [0.25, 0.3) is 0 Å². The fourth-order valence-corrected chi connectivity index (χ4v) is 2.54. The SMILES string of the molecule is COc1ccccc1OCC(=O)Nc1cccc(C(=O)Nc2ccccc2)c1. The molecule has 0 saturated carbocycles. The Bertz CT molecular complexity index is 958. The molecule has 28 heavy (non-hydrogen) atoms. The van der Waals surface area contributed by atoms with Crippen molar-refractivity contribution in [3.05, 3.63) is 84.4 Å². The topological polar surface area (TPSA) is 76.7 Å². The van der Waals surface area contributed by atoms with Gasteiger partial charge in [0.25, 0.3) is 11.8 Å². The number of carbonyl (C=O) groups excluding carboxylic acids is 2. The minimum atomic E-state index is -0.341. The Balaban J connectivity index is 1.59. The molecule has 2 N–H and O–H groups in total. The second-order valence-electron chi connectivity index (χ2n) is 5.89. The Morgan fingerprint density at radius 2 is 1.46 bits per heavy atom. The summed E-state index contributed by atoms with van der Waals surface area (Å²) in [7, 11) is 1.54. The van der Waals surface area contributed by atoms with E-state index in [0.717, 1.165) is 0 Å². The molecule has 6 heteroatoms. The van der Waals surface area contributed by atoms with Gasteiger partial charge in [0.15, 0.2) is 18.1 Å². The minimum absolute atomic E-state index is 0.180. The maximum Gasteiger partial charge on any atom is 0.262 e. The van der Waals surface area contributed by atoms with Crippen molar-refractivity contribution < 1.29 is 19.1 Å². The number of ether oxygens (including phenoxy) is 2. The quantitative estimate of drug-likeness (QED) is 0.654. The first-order valence-corrected chi connectivity index (χ1v) is 8.68. The second kappa shape index (κ2) is 9.23. The monoisotopic (exact) mass is 376 g/mol. The molecule has 6 nitrogen and oxygen atoms in total. The molecule has 2 amide bonds. The Labute approximate surface area is 163 Å². The molecule has 0 aliphatic carbocycles. The maximum atomic E-state index is 12.4. The summed E-state index contributed by atoms with van der Waals surface area (Å²) in [6.45, 7) is -0.180. The van der Waals surface area contributed by atoms with Crippen molar-refractivity contribution in [2.24, 2.45) is 0 Å². The van der Waals surface area contributed by atoms with Crippen molar-refractivity contribution in [2.45, 2.75) is 0 Å². The first-order valence-electron chi connectivity index (χ1n) is 8.68. The van der Waals surface area contributed by atoms with Gasteiger partial charge in [-0.1, -0.05) is 36.4 Å². The highest BCUT2D eigenvalue weighted by Crippen LogP contribution is 2.25. The van der Waals surface area contributed by atoms with E-state index in [-0.39, 0.29) is 18.4 Å². The molecular weight excluding hydrogens is 356 g/mol. The standard InChI is InChI=1S/C22H20N2O4/c1-27-19-12-5-6-13-20(19)28-15-21(25)23-18-11-7-8-16(14-18)22(26)24-17-9-3-2-4-10-17/h2-14H,15H2,1H3,(H,23,25)(H,24,26). The third kappa shape index (κ3) is 5.11. The number of methoxy groups -OCH3 is 1. The van der Waals surface area contributed by atoms with Gasteiger partial charge in [0.1, 0.15) is 0 Å². The summed E-state index contributed by atoms with van der Waals surface area (Å²) in [5.74, 6) is 0.435. The van der Waals surface area contributed by atoms with E-state index in [4.69, 9.17) is 9.47 Å². The largest absolute Gasteiger partial charge is 0.493 e. The number of hydrogen-bond donors (Lipinski definition) is 2. The number of rotatable bonds is 7. The van der Waals surface area contributed by atoms with Gasteiger partial charge in [0, 0.05) is 16.9 Å². The van der Waals surface area contributed by atoms with E-state index in [9.17, 15) is 9.59 Å². The van der Waals surface area contributed by atoms with Crippen LogP contribution in [0.3, 0.4) is 0 Å². The lowest BCUT2D eigenvalue weighted by molar-refractivity contribution is -0.118. The van der Waals surface area contributed by atoms with Gasteiger partial charge in [-0.15, -0.1) is 0 Å². The van der Waals surface area contributed by atoms with Crippen molar-refractivity contribution in [1.82, 2.24) is 0 Å². The summed E-state index contributed by atoms with van der Waals surface area (Å²) in [6, 6.07) is 23.0. The van der Waals surface area contributed by atoms with E-state index >= 15 is 0 Å². The van der Waals surface area contributed by atoms with Crippen LogP contribution in [0.4, 0.5) is 11.4 Å². The van der Waals surface area contributed by atoms with E-state index in [2.05, 4.69) is 10.6 Å². The van der Waals surface area contributed by atoms with E-state index in [1.165, 1.54) is 7.11 Å². The summed E-state index contributed by atoms with van der Waals surface area (Å²) in [6.07, 6.45) is 0. The zero-order chi connectivity index (χ0) is 19.8. The molecule has 0 saturated heterocycles. The lowest BCUT2D eigenvalue weighted by Crippen LogP contribution is -2.20. The molecule has 0 aromatic heterocycles. The first kappa shape index (κ1) is 19.0. The first-order chi connectivity index (χ1) is 13.7. The Morgan fingerprint density at radius 1 is 0.786 bits per heavy atom. The molecule has 0 aliphatic rings. The summed E-state index contributed by atoms with van der Waals surface area (Å²) in [4.78, 5) is 24.6. The zero-order valence-corrected chi connectivity index (χ0v) is 15.3. The molecular formula is C22H20N2O4. The Hall–Kier alpha value is -3.80. The van der Waals surface area contributed by atoms with E-state index < -0.39 is 0 Å². The summed E-state index contributed by atoms with van der Waals surface area (Å²) in [5.41, 5.74) is 1.65. The summed E-state index contributed by atoms with van der Waals surface area (Å²) >= 11 is 0. The number of anilines is 2. The molecule has 0 unspecified atom stereocenters. The van der Waals surface area contributed by atoms with Crippen molar-refractivity contribution in [3.8, 4) is 11.5 Å². The van der Waals surface area contributed by atoms with Crippen LogP contribution in [0.5, 0.6) is 11.5 Å². The molecule has 0 bridgehead atoms. The van der Waals surface area contributed by atoms with Gasteiger partial charge in [0.05, 0.1) is 7.11 Å². The van der Waals surface area contributed by atoms with Crippen molar-refractivity contribution in [2.75, 3.05) is 24.4 Å². The highest BCUT2D eigenvalue weighted by atomic mass is 16.5. The van der Waals surface area contributed by atoms with Crippen LogP contribution in [0.2, 0.25) is 0 Å². The number of carbonyl (C=O) groups is 2. The van der Waals surface area contributed by atoms with Gasteiger partial charge >= 0.3 is 0 Å². The van der Waals surface area contributed by atoms with Crippen molar-refractivity contribution >= 4 is 23.2 Å². The fourth-order valence-electron chi connectivity index (χ4n) is 2.54. The fraction of sp³-hybridized carbons (Fsp3) is 0.0909. The number of para-hydroxylation sites is 3. The van der Waals surface area contributed by atoms with E-state index in [0.29, 0.717) is 28.4 Å². The van der Waals surface area contributed by atoms with Gasteiger partial charge in [-0.3, -0.25) is 9.59 Å². The zero-order valence-electron chi connectivity index (χ0n) is 15.3. The van der Waals surface area contributed by atoms with Crippen LogP contribution in [-0.2, 0) is 4.79 Å². The third-order valence-electron chi connectivity index (χ3n) is 3.87. The van der Waals surface area contributed by atoms with Gasteiger partial charge in [-0.25, -0.2) is 0 Å². The van der Waals surface area contributed by atoms with Crippen LogP contribution in [0.1, 0.15) is 10.4 Å². The van der Waals surface area contributed by atoms with Crippen molar-refractivity contribution in [1.29, 1.82) is 0 Å². The normalized spacial score (nSPS) is 10.0. The van der Waals surface area contributed by atoms with E-state index in [1.54, 1.807) is 54.6 Å². The molecule has 3 rings (SSSR count). The summed E-state index contributed by atoms with van der Waals surface area (Å²) in [5, 5.41) is 5.53. The van der Waals surface area contributed by atoms with Gasteiger partial charge in [-0.2, -0.15) is 0 Å². The van der Waals surface area contributed by atoms with Crippen LogP contribution in [0.15, 0.2) is 78.9 Å². The van der Waals surface area contributed by atoms with Gasteiger partial charge in [-0.05, 0) is 42.5 Å². The average Bonchev–Trinajstić information content (AvgIpc) is 2.73. The van der Waals surface area contributed by atoms with Crippen LogP contribution >= 0.6 is 0 Å². The lowest BCUT2D eigenvalue weighted by Gasteiger charge is -2.11. The Kier molecular flexibility index (Phi) is 6.25. The second-order valence-corrected chi connectivity index (χ2v) is 5.89. The molecule has 3 aromatic carbocycles. The predicted molar refractivity (Wildman–Crippen MR) is 108 cm³/mol. The number of benzene rings is 3. The molecule has 0 aliphatic heterocycles. The number of nitrogens with one attached hydrogen (secondary N) is 2. The maximum absolute atomic E-state index is 12.4. The molecule has 0 radical (unpaired) electrons.